The third kappa shape index (κ3) is 4.68. The van der Waals surface area contributed by atoms with Gasteiger partial charge in [-0.15, -0.1) is 0 Å². The summed E-state index contributed by atoms with van der Waals surface area (Å²) in [6.45, 7) is 0.0349. The van der Waals surface area contributed by atoms with E-state index in [2.05, 4.69) is 0 Å². The lowest BCUT2D eigenvalue weighted by Gasteiger charge is -2.41. The average molecular weight is 492 g/mol. The number of phenols is 2. The van der Waals surface area contributed by atoms with Gasteiger partial charge in [-0.1, -0.05) is 23.7 Å². The summed E-state index contributed by atoms with van der Waals surface area (Å²) in [7, 11) is 2.93. The summed E-state index contributed by atoms with van der Waals surface area (Å²) < 4.78 is 22.6. The Kier molecular flexibility index (Phi) is 6.35. The van der Waals surface area contributed by atoms with Crippen molar-refractivity contribution in [2.24, 2.45) is 0 Å². The number of phosphoric ester groups is 1. The zero-order valence-corrected chi connectivity index (χ0v) is 19.0. The molecule has 0 bridgehead atoms. The predicted molar refractivity (Wildman–Crippen MR) is 123 cm³/mol. The van der Waals surface area contributed by atoms with E-state index in [4.69, 9.17) is 28.4 Å². The van der Waals surface area contributed by atoms with E-state index in [1.165, 1.54) is 6.07 Å². The Morgan fingerprint density at radius 2 is 1.91 bits per heavy atom. The number of aromatic hydroxyl groups is 2. The summed E-state index contributed by atoms with van der Waals surface area (Å²) in [5.74, 6) is -2.24. The van der Waals surface area contributed by atoms with Crippen molar-refractivity contribution in [2.45, 2.75) is 24.4 Å². The first-order valence-corrected chi connectivity index (χ1v) is 11.8. The van der Waals surface area contributed by atoms with Crippen LogP contribution < -0.4 is 5.43 Å². The molecule has 1 aliphatic rings. The molecule has 12 heteroatoms. The number of hydrogen-bond acceptors (Lipinski definition) is 7. The highest BCUT2D eigenvalue weighted by atomic mass is 35.5. The van der Waals surface area contributed by atoms with E-state index in [1.807, 2.05) is 0 Å². The molecule has 9 nitrogen and oxygen atoms in total. The predicted octanol–water partition coefficient (Wildman–Crippen LogP) is 2.92. The minimum atomic E-state index is -4.90. The van der Waals surface area contributed by atoms with Crippen LogP contribution in [0.3, 0.4) is 0 Å². The molecule has 0 saturated carbocycles. The Balaban J connectivity index is 1.98. The van der Waals surface area contributed by atoms with Crippen LogP contribution in [-0.4, -0.2) is 58.4 Å². The van der Waals surface area contributed by atoms with Gasteiger partial charge in [-0.2, -0.15) is 0 Å². The van der Waals surface area contributed by atoms with Crippen LogP contribution in [0.4, 0.5) is 0 Å². The second-order valence-corrected chi connectivity index (χ2v) is 9.57. The lowest BCUT2D eigenvalue weighted by Crippen LogP contribution is -2.48. The number of benzene rings is 2. The number of hydrogen-bond donors (Lipinski definition) is 4. The highest BCUT2D eigenvalue weighted by Gasteiger charge is 2.40. The molecule has 4 rings (SSSR count). The van der Waals surface area contributed by atoms with Crippen molar-refractivity contribution < 1.29 is 33.5 Å². The Labute approximate surface area is 194 Å². The van der Waals surface area contributed by atoms with E-state index in [0.717, 1.165) is 6.07 Å². The van der Waals surface area contributed by atoms with Gasteiger partial charge in [0.1, 0.15) is 28.2 Å². The van der Waals surface area contributed by atoms with Crippen LogP contribution in [0, 0.1) is 0 Å². The van der Waals surface area contributed by atoms with Crippen LogP contribution in [0.5, 0.6) is 11.5 Å². The summed E-state index contributed by atoms with van der Waals surface area (Å²) in [5, 5.41) is 21.3. The van der Waals surface area contributed by atoms with Crippen LogP contribution in [-0.2, 0) is 9.09 Å². The third-order valence-corrected chi connectivity index (χ3v) is 6.63. The number of phenolic OH excluding ortho intramolecular Hbond substituents is 2. The molecule has 2 aromatic carbocycles. The first-order chi connectivity index (χ1) is 15.5. The lowest BCUT2D eigenvalue weighted by molar-refractivity contribution is 0.0458. The summed E-state index contributed by atoms with van der Waals surface area (Å²) in [5.41, 5.74) is -0.267. The minimum absolute atomic E-state index is 0.0349. The maximum Gasteiger partial charge on any atom is 0.469 e. The van der Waals surface area contributed by atoms with Gasteiger partial charge in [-0.3, -0.25) is 9.32 Å². The number of rotatable bonds is 4. The second-order valence-electron chi connectivity index (χ2n) is 7.97. The topological polar surface area (TPSA) is 141 Å². The molecule has 0 amide bonds. The first-order valence-electron chi connectivity index (χ1n) is 9.93. The van der Waals surface area contributed by atoms with Crippen LogP contribution in [0.25, 0.3) is 22.3 Å². The van der Waals surface area contributed by atoms with Gasteiger partial charge in [-0.25, -0.2) is 4.57 Å². The smallest absolute Gasteiger partial charge is 0.469 e. The van der Waals surface area contributed by atoms with Crippen molar-refractivity contribution in [3.8, 4) is 22.8 Å². The van der Waals surface area contributed by atoms with Gasteiger partial charge in [0.25, 0.3) is 0 Å². The molecule has 3 atom stereocenters. The van der Waals surface area contributed by atoms with Crippen molar-refractivity contribution in [1.82, 2.24) is 4.90 Å². The quantitative estimate of drug-likeness (QED) is 0.320. The molecule has 1 saturated heterocycles. The number of likely N-dealkylation sites (tertiary alicyclic amines) is 1. The van der Waals surface area contributed by atoms with Gasteiger partial charge in [0, 0.05) is 35.7 Å². The van der Waals surface area contributed by atoms with Crippen LogP contribution in [0.2, 0.25) is 5.02 Å². The number of piperidine rings is 1. The summed E-state index contributed by atoms with van der Waals surface area (Å²) >= 11 is 6.25. The molecule has 2 heterocycles. The van der Waals surface area contributed by atoms with E-state index in [0.29, 0.717) is 10.6 Å². The van der Waals surface area contributed by atoms with Gasteiger partial charge < -0.3 is 29.3 Å². The second kappa shape index (κ2) is 8.79. The molecule has 33 heavy (non-hydrogen) atoms. The molecular weight excluding hydrogens is 471 g/mol. The number of phosphoric acid groups is 1. The van der Waals surface area contributed by atoms with Crippen molar-refractivity contribution >= 4 is 38.2 Å². The Bertz CT molecular complexity index is 1330. The molecule has 2 radical (unpaired) electrons. The van der Waals surface area contributed by atoms with Gasteiger partial charge in [0.15, 0.2) is 5.43 Å². The van der Waals surface area contributed by atoms with E-state index in [-0.39, 0.29) is 35.3 Å². The Hall–Kier alpha value is -2.33. The lowest BCUT2D eigenvalue weighted by atomic mass is 9.76. The van der Waals surface area contributed by atoms with E-state index in [9.17, 15) is 29.4 Å². The van der Waals surface area contributed by atoms with E-state index in [1.54, 1.807) is 36.2 Å². The first kappa shape index (κ1) is 23.8. The van der Waals surface area contributed by atoms with Gasteiger partial charge >= 0.3 is 7.82 Å². The van der Waals surface area contributed by atoms with E-state index < -0.39 is 42.7 Å². The van der Waals surface area contributed by atoms with Crippen LogP contribution in [0.15, 0.2) is 45.6 Å². The molecule has 1 aromatic heterocycles. The number of nitrogens with zero attached hydrogens (tertiary/aromatic N) is 1. The highest BCUT2D eigenvalue weighted by molar-refractivity contribution is 7.46. The van der Waals surface area contributed by atoms with Crippen molar-refractivity contribution in [3.05, 3.63) is 57.2 Å². The van der Waals surface area contributed by atoms with Crippen molar-refractivity contribution in [1.29, 1.82) is 0 Å². The number of likely N-dealkylation sites (N-methyl/N-ethyl adjacent to an activating group) is 1. The van der Waals surface area contributed by atoms with Crippen molar-refractivity contribution in [3.63, 3.8) is 0 Å². The van der Waals surface area contributed by atoms with Gasteiger partial charge in [0.2, 0.25) is 0 Å². The Morgan fingerprint density at radius 1 is 1.21 bits per heavy atom. The summed E-state index contributed by atoms with van der Waals surface area (Å²) in [6.07, 6.45) is -0.974. The molecular formula is C21H20BClNO8P. The molecule has 1 fully saturated rings. The monoisotopic (exact) mass is 491 g/mol. The summed E-state index contributed by atoms with van der Waals surface area (Å²) in [6, 6.07) is 8.82. The Morgan fingerprint density at radius 3 is 2.58 bits per heavy atom. The highest BCUT2D eigenvalue weighted by Crippen LogP contribution is 2.48. The van der Waals surface area contributed by atoms with Crippen LogP contribution in [0.1, 0.15) is 17.9 Å². The van der Waals surface area contributed by atoms with E-state index >= 15 is 0 Å². The molecule has 0 spiro atoms. The van der Waals surface area contributed by atoms with Crippen molar-refractivity contribution in [2.75, 3.05) is 13.6 Å². The summed E-state index contributed by atoms with van der Waals surface area (Å²) in [4.78, 5) is 33.5. The molecule has 0 aliphatic carbocycles. The number of fused-ring (bicyclic) bond motifs is 1. The van der Waals surface area contributed by atoms with Gasteiger partial charge in [-0.05, 0) is 31.5 Å². The normalized spacial score (nSPS) is 22.0. The largest absolute Gasteiger partial charge is 0.507 e. The maximum absolute atomic E-state index is 12.9. The molecule has 4 N–H and O–H groups in total. The molecule has 3 unspecified atom stereocenters. The minimum Gasteiger partial charge on any atom is -0.507 e. The molecule has 3 aromatic rings. The number of halogens is 1. The standard InChI is InChI=1S/C21H20BClNO8P/c1-24-9-17(32-33(28,29)30)11(6-18(24)22)19-13(25)7-14(26)20-15(27)8-16(31-21(19)20)10-4-2-3-5-12(10)23/h2-5,7-8,11,17-18,25-26H,6,9H2,1H3,(H2,28,29,30). The zero-order chi connectivity index (χ0) is 24.1. The molecule has 172 valence electrons. The van der Waals surface area contributed by atoms with Crippen LogP contribution >= 0.6 is 19.4 Å². The SMILES string of the molecule is [B]C1CC(c2c(O)cc(O)c3c(=O)cc(-c4ccccc4Cl)oc23)C(OP(=O)(O)O)CN1C. The fraction of sp³-hybridized carbons (Fsp3) is 0.286. The average Bonchev–Trinajstić information content (AvgIpc) is 2.70. The fourth-order valence-corrected chi connectivity index (χ4v) is 4.99. The maximum atomic E-state index is 12.9. The molecule has 1 aliphatic heterocycles. The van der Waals surface area contributed by atoms with Gasteiger partial charge in [0.05, 0.1) is 19.0 Å². The zero-order valence-electron chi connectivity index (χ0n) is 17.4. The third-order valence-electron chi connectivity index (χ3n) is 5.76. The fourth-order valence-electron chi connectivity index (χ4n) is 4.20.